The summed E-state index contributed by atoms with van der Waals surface area (Å²) in [6.45, 7) is 2.16. The molecule has 19 heavy (non-hydrogen) atoms. The van der Waals surface area contributed by atoms with Crippen LogP contribution in [0.2, 0.25) is 5.02 Å². The number of halogens is 1. The molecule has 3 heteroatoms. The first-order valence-electron chi connectivity index (χ1n) is 6.34. The molecule has 0 heterocycles. The Bertz CT molecular complexity index is 542. The van der Waals surface area contributed by atoms with Crippen LogP contribution in [0.1, 0.15) is 24.1 Å². The average molecular weight is 292 g/mol. The molecule has 0 radical (unpaired) electrons. The minimum Gasteiger partial charge on any atom is -0.313 e. The molecule has 2 aromatic rings. The van der Waals surface area contributed by atoms with Gasteiger partial charge in [0.05, 0.1) is 0 Å². The molecule has 2 aromatic carbocycles. The zero-order valence-electron chi connectivity index (χ0n) is 11.2. The number of hydrogen-bond donors (Lipinski definition) is 1. The van der Waals surface area contributed by atoms with Gasteiger partial charge in [0.15, 0.2) is 0 Å². The highest BCUT2D eigenvalue weighted by molar-refractivity contribution is 7.98. The molecule has 0 saturated carbocycles. The molecule has 0 aliphatic heterocycles. The molecule has 0 saturated heterocycles. The van der Waals surface area contributed by atoms with Crippen molar-refractivity contribution in [3.05, 3.63) is 64.7 Å². The van der Waals surface area contributed by atoms with E-state index in [4.69, 9.17) is 11.6 Å². The third kappa shape index (κ3) is 4.00. The van der Waals surface area contributed by atoms with Gasteiger partial charge in [-0.2, -0.15) is 0 Å². The quantitative estimate of drug-likeness (QED) is 0.785. The highest BCUT2D eigenvalue weighted by Crippen LogP contribution is 2.28. The summed E-state index contributed by atoms with van der Waals surface area (Å²) in [7, 11) is 1.98. The summed E-state index contributed by atoms with van der Waals surface area (Å²) in [5.41, 5.74) is 2.49. The van der Waals surface area contributed by atoms with Crippen LogP contribution in [0, 0.1) is 0 Å². The van der Waals surface area contributed by atoms with Crippen molar-refractivity contribution in [3.8, 4) is 0 Å². The van der Waals surface area contributed by atoms with Gasteiger partial charge < -0.3 is 5.32 Å². The molecule has 0 bridgehead atoms. The van der Waals surface area contributed by atoms with Crippen molar-refractivity contribution in [3.63, 3.8) is 0 Å². The molecule has 1 N–H and O–H groups in total. The molecule has 0 aliphatic carbocycles. The number of nitrogens with one attached hydrogen (secondary N) is 1. The van der Waals surface area contributed by atoms with Crippen molar-refractivity contribution in [2.45, 2.75) is 23.6 Å². The van der Waals surface area contributed by atoms with Crippen LogP contribution in [-0.2, 0) is 5.75 Å². The van der Waals surface area contributed by atoms with Gasteiger partial charge in [-0.3, -0.25) is 0 Å². The Balaban J connectivity index is 2.06. The van der Waals surface area contributed by atoms with Gasteiger partial charge in [-0.25, -0.2) is 0 Å². The predicted molar refractivity (Wildman–Crippen MR) is 84.9 cm³/mol. The zero-order chi connectivity index (χ0) is 13.7. The van der Waals surface area contributed by atoms with Crippen LogP contribution in [0.4, 0.5) is 0 Å². The molecule has 1 nitrogen and oxygen atoms in total. The van der Waals surface area contributed by atoms with Gasteiger partial charge in [0.25, 0.3) is 0 Å². The lowest BCUT2D eigenvalue weighted by Crippen LogP contribution is -2.11. The summed E-state index contributed by atoms with van der Waals surface area (Å²) in [6, 6.07) is 17.0. The van der Waals surface area contributed by atoms with Crippen LogP contribution in [0.25, 0.3) is 0 Å². The van der Waals surface area contributed by atoms with Gasteiger partial charge in [0.2, 0.25) is 0 Å². The second-order valence-electron chi connectivity index (χ2n) is 4.46. The van der Waals surface area contributed by atoms with E-state index in [0.29, 0.717) is 6.04 Å². The van der Waals surface area contributed by atoms with Crippen molar-refractivity contribution in [1.29, 1.82) is 0 Å². The van der Waals surface area contributed by atoms with E-state index in [2.05, 4.69) is 42.6 Å². The monoisotopic (exact) mass is 291 g/mol. The van der Waals surface area contributed by atoms with Crippen molar-refractivity contribution in [2.75, 3.05) is 7.05 Å². The summed E-state index contributed by atoms with van der Waals surface area (Å²) >= 11 is 7.99. The molecule has 0 amide bonds. The molecule has 2 rings (SSSR count). The van der Waals surface area contributed by atoms with Gasteiger partial charge in [-0.05, 0) is 43.3 Å². The van der Waals surface area contributed by atoms with Gasteiger partial charge >= 0.3 is 0 Å². The predicted octanol–water partition coefficient (Wildman–Crippen LogP) is 4.91. The summed E-state index contributed by atoms with van der Waals surface area (Å²) in [6.07, 6.45) is 0. The smallest absolute Gasteiger partial charge is 0.0446 e. The normalized spacial score (nSPS) is 12.4. The summed E-state index contributed by atoms with van der Waals surface area (Å²) in [4.78, 5) is 1.28. The summed E-state index contributed by atoms with van der Waals surface area (Å²) in [5, 5.41) is 4.10. The first kappa shape index (κ1) is 14.4. The molecule has 0 aromatic heterocycles. The van der Waals surface area contributed by atoms with Crippen LogP contribution in [0.5, 0.6) is 0 Å². The Kier molecular flexibility index (Phi) is 5.32. The van der Waals surface area contributed by atoms with Gasteiger partial charge in [0, 0.05) is 21.7 Å². The molecule has 0 aliphatic rings. The van der Waals surface area contributed by atoms with E-state index < -0.39 is 0 Å². The van der Waals surface area contributed by atoms with Crippen LogP contribution >= 0.6 is 23.4 Å². The Morgan fingerprint density at radius 2 is 1.95 bits per heavy atom. The number of rotatable bonds is 5. The Labute approximate surface area is 124 Å². The molecule has 100 valence electrons. The van der Waals surface area contributed by atoms with Crippen molar-refractivity contribution >= 4 is 23.4 Å². The second kappa shape index (κ2) is 6.99. The third-order valence-corrected chi connectivity index (χ3v) is 4.55. The fraction of sp³-hybridized carbons (Fsp3) is 0.250. The third-order valence-electron chi connectivity index (χ3n) is 3.14. The molecular weight excluding hydrogens is 274 g/mol. The first-order valence-corrected chi connectivity index (χ1v) is 7.70. The van der Waals surface area contributed by atoms with Crippen LogP contribution in [0.15, 0.2) is 53.4 Å². The van der Waals surface area contributed by atoms with Crippen LogP contribution in [0.3, 0.4) is 0 Å². The zero-order valence-corrected chi connectivity index (χ0v) is 12.8. The Hall–Kier alpha value is -0.960. The van der Waals surface area contributed by atoms with E-state index in [-0.39, 0.29) is 0 Å². The van der Waals surface area contributed by atoms with E-state index in [0.717, 1.165) is 10.8 Å². The molecule has 0 fully saturated rings. The highest BCUT2D eigenvalue weighted by atomic mass is 35.5. The molecule has 0 spiro atoms. The minimum absolute atomic E-state index is 0.376. The summed E-state index contributed by atoms with van der Waals surface area (Å²) in [5.74, 6) is 0.900. The molecule has 1 unspecified atom stereocenters. The lowest BCUT2D eigenvalue weighted by Gasteiger charge is -2.12. The Morgan fingerprint density at radius 1 is 1.16 bits per heavy atom. The maximum Gasteiger partial charge on any atom is 0.0446 e. The van der Waals surface area contributed by atoms with Gasteiger partial charge in [-0.1, -0.05) is 41.9 Å². The number of thioether (sulfide) groups is 1. The largest absolute Gasteiger partial charge is 0.313 e. The van der Waals surface area contributed by atoms with E-state index in [1.807, 2.05) is 37.0 Å². The van der Waals surface area contributed by atoms with E-state index in [1.165, 1.54) is 16.0 Å². The maximum absolute atomic E-state index is 6.17. The van der Waals surface area contributed by atoms with Crippen molar-refractivity contribution < 1.29 is 0 Å². The van der Waals surface area contributed by atoms with Gasteiger partial charge in [0.1, 0.15) is 0 Å². The van der Waals surface area contributed by atoms with E-state index >= 15 is 0 Å². The lowest BCUT2D eigenvalue weighted by atomic mass is 10.1. The SMILES string of the molecule is CNC(C)c1cccc(SCc2ccccc2Cl)c1. The number of hydrogen-bond acceptors (Lipinski definition) is 2. The van der Waals surface area contributed by atoms with E-state index in [1.54, 1.807) is 0 Å². The fourth-order valence-corrected chi connectivity index (χ4v) is 3.07. The van der Waals surface area contributed by atoms with Crippen LogP contribution < -0.4 is 5.32 Å². The van der Waals surface area contributed by atoms with Crippen molar-refractivity contribution in [2.24, 2.45) is 0 Å². The van der Waals surface area contributed by atoms with E-state index in [9.17, 15) is 0 Å². The van der Waals surface area contributed by atoms with Crippen molar-refractivity contribution in [1.82, 2.24) is 5.32 Å². The summed E-state index contributed by atoms with van der Waals surface area (Å²) < 4.78 is 0. The molecular formula is C16H18ClNS. The second-order valence-corrected chi connectivity index (χ2v) is 5.92. The molecule has 1 atom stereocenters. The standard InChI is InChI=1S/C16H18ClNS/c1-12(18-2)13-7-5-8-15(10-13)19-11-14-6-3-4-9-16(14)17/h3-10,12,18H,11H2,1-2H3. The van der Waals surface area contributed by atoms with Gasteiger partial charge in [-0.15, -0.1) is 11.8 Å². The number of benzene rings is 2. The lowest BCUT2D eigenvalue weighted by molar-refractivity contribution is 0.651. The maximum atomic E-state index is 6.17. The highest BCUT2D eigenvalue weighted by Gasteiger charge is 2.04. The fourth-order valence-electron chi connectivity index (χ4n) is 1.82. The minimum atomic E-state index is 0.376. The topological polar surface area (TPSA) is 12.0 Å². The van der Waals surface area contributed by atoms with Crippen LogP contribution in [-0.4, -0.2) is 7.05 Å². The average Bonchev–Trinajstić information content (AvgIpc) is 2.46. The Morgan fingerprint density at radius 3 is 2.68 bits per heavy atom. The first-order chi connectivity index (χ1) is 9.20.